The third-order valence-electron chi connectivity index (χ3n) is 1.75. The fourth-order valence-electron chi connectivity index (χ4n) is 0.946. The Kier molecular flexibility index (Phi) is 5.08. The number of hydrogen-bond donors (Lipinski definition) is 3. The smallest absolute Gasteiger partial charge is 0.162 e. The minimum atomic E-state index is 0.377. The summed E-state index contributed by atoms with van der Waals surface area (Å²) in [6.07, 6.45) is 0.764. The molecule has 4 nitrogen and oxygen atoms in total. The zero-order valence-electron chi connectivity index (χ0n) is 8.75. The summed E-state index contributed by atoms with van der Waals surface area (Å²) in [5.74, 6) is 0. The number of carbonyl (C=O) groups is 1. The Morgan fingerprint density at radius 2 is 1.76 bits per heavy atom. The molecule has 0 amide bonds. The molecule has 0 unspecified atom stereocenters. The van der Waals surface area contributed by atoms with Crippen LogP contribution in [0.1, 0.15) is 14.5 Å². The van der Waals surface area contributed by atoms with Gasteiger partial charge in [0.25, 0.3) is 0 Å². The first kappa shape index (κ1) is 13.6. The van der Waals surface area contributed by atoms with E-state index in [4.69, 9.17) is 29.4 Å². The summed E-state index contributed by atoms with van der Waals surface area (Å²) >= 11 is 7.53. The molecule has 0 saturated heterocycles. The van der Waals surface area contributed by atoms with E-state index < -0.39 is 0 Å². The van der Waals surface area contributed by atoms with E-state index in [9.17, 15) is 4.79 Å². The zero-order chi connectivity index (χ0) is 12.8. The van der Waals surface area contributed by atoms with Gasteiger partial charge < -0.3 is 17.2 Å². The van der Waals surface area contributed by atoms with Gasteiger partial charge in [-0.2, -0.15) is 0 Å². The van der Waals surface area contributed by atoms with E-state index in [2.05, 4.69) is 0 Å². The van der Waals surface area contributed by atoms with Gasteiger partial charge in [-0.1, -0.05) is 12.2 Å². The Balaban J connectivity index is 0.000000171. The van der Waals surface area contributed by atoms with Gasteiger partial charge in [-0.25, -0.2) is 0 Å². The normalized spacial score (nSPS) is 9.18. The van der Waals surface area contributed by atoms with Crippen LogP contribution in [0.3, 0.4) is 0 Å². The molecule has 17 heavy (non-hydrogen) atoms. The predicted molar refractivity (Wildman–Crippen MR) is 78.7 cm³/mol. The van der Waals surface area contributed by atoms with Gasteiger partial charge in [0.2, 0.25) is 0 Å². The zero-order valence-corrected chi connectivity index (χ0v) is 11.2. The van der Waals surface area contributed by atoms with Gasteiger partial charge in [0.05, 0.1) is 21.1 Å². The first-order chi connectivity index (χ1) is 8.06. The van der Waals surface area contributed by atoms with Crippen LogP contribution in [0.5, 0.6) is 0 Å². The van der Waals surface area contributed by atoms with Crippen LogP contribution in [0.2, 0.25) is 0 Å². The number of carbonyl (C=O) groups excluding carboxylic acids is 1. The first-order valence-corrected chi connectivity index (χ1v) is 6.64. The van der Waals surface area contributed by atoms with Gasteiger partial charge >= 0.3 is 0 Å². The second-order valence-electron chi connectivity index (χ2n) is 2.93. The Bertz CT molecular complexity index is 518. The average Bonchev–Trinajstić information content (AvgIpc) is 2.87. The molecule has 2 rings (SSSR count). The quantitative estimate of drug-likeness (QED) is 0.580. The van der Waals surface area contributed by atoms with Crippen LogP contribution < -0.4 is 17.2 Å². The topological polar surface area (TPSA) is 95.1 Å². The largest absolute Gasteiger partial charge is 0.397 e. The van der Waals surface area contributed by atoms with Crippen molar-refractivity contribution in [3.8, 4) is 0 Å². The molecule has 2 heterocycles. The number of anilines is 2. The third-order valence-corrected chi connectivity index (χ3v) is 3.91. The molecule has 0 atom stereocenters. The van der Waals surface area contributed by atoms with E-state index in [1.165, 1.54) is 22.7 Å². The van der Waals surface area contributed by atoms with E-state index in [0.29, 0.717) is 21.2 Å². The molecular formula is C10H11N3OS3. The van der Waals surface area contributed by atoms with Crippen molar-refractivity contribution >= 4 is 57.5 Å². The summed E-state index contributed by atoms with van der Waals surface area (Å²) in [7, 11) is 0. The number of thiocarbonyl (C=S) groups is 1. The number of nitrogens with two attached hydrogens (primary N) is 3. The molecule has 90 valence electrons. The van der Waals surface area contributed by atoms with Crippen molar-refractivity contribution in [2.75, 3.05) is 11.5 Å². The summed E-state index contributed by atoms with van der Waals surface area (Å²) in [4.78, 5) is 11.8. The maximum atomic E-state index is 10.0. The van der Waals surface area contributed by atoms with Crippen molar-refractivity contribution < 1.29 is 4.79 Å². The maximum absolute atomic E-state index is 10.0. The number of nitrogen functional groups attached to an aromatic ring is 2. The van der Waals surface area contributed by atoms with E-state index in [-0.39, 0.29) is 0 Å². The fourth-order valence-corrected chi connectivity index (χ4v) is 2.50. The van der Waals surface area contributed by atoms with Crippen LogP contribution in [0, 0.1) is 0 Å². The minimum Gasteiger partial charge on any atom is -0.397 e. The molecule has 0 aliphatic rings. The van der Waals surface area contributed by atoms with E-state index >= 15 is 0 Å². The molecule has 0 saturated carbocycles. The molecule has 2 aromatic rings. The molecule has 0 bridgehead atoms. The molecule has 0 aliphatic heterocycles. The summed E-state index contributed by atoms with van der Waals surface area (Å²) in [6, 6.07) is 3.51. The Labute approximate surface area is 112 Å². The molecule has 0 spiro atoms. The van der Waals surface area contributed by atoms with Gasteiger partial charge in [0, 0.05) is 0 Å². The Morgan fingerprint density at radius 1 is 1.18 bits per heavy atom. The molecule has 0 radical (unpaired) electrons. The van der Waals surface area contributed by atoms with Crippen molar-refractivity contribution in [3.63, 3.8) is 0 Å². The van der Waals surface area contributed by atoms with E-state index in [0.717, 1.165) is 11.2 Å². The number of hydrogen-bond acceptors (Lipinski definition) is 6. The molecule has 0 aromatic carbocycles. The number of rotatable bonds is 2. The number of thiophene rings is 2. The maximum Gasteiger partial charge on any atom is 0.162 e. The monoisotopic (exact) mass is 285 g/mol. The highest BCUT2D eigenvalue weighted by Gasteiger charge is 2.00. The van der Waals surface area contributed by atoms with Crippen molar-refractivity contribution in [2.45, 2.75) is 0 Å². The standard InChI is InChI=1S/C5H6N2S2.C5H5NOS/c6-3-1-2-9-4(3)5(7)8;6-4-1-2-8-5(4)3-7/h1-2H,6H2,(H2,7,8);1-3H,6H2. The second-order valence-corrected chi connectivity index (χ2v) is 5.23. The molecular weight excluding hydrogens is 274 g/mol. The van der Waals surface area contributed by atoms with Crippen molar-refractivity contribution in [2.24, 2.45) is 5.73 Å². The van der Waals surface area contributed by atoms with Crippen LogP contribution in [0.25, 0.3) is 0 Å². The summed E-state index contributed by atoms with van der Waals surface area (Å²) < 4.78 is 0. The van der Waals surface area contributed by atoms with Crippen molar-refractivity contribution in [1.29, 1.82) is 0 Å². The molecule has 2 aromatic heterocycles. The minimum absolute atomic E-state index is 0.377. The highest BCUT2D eigenvalue weighted by atomic mass is 32.1. The average molecular weight is 285 g/mol. The van der Waals surface area contributed by atoms with Crippen LogP contribution in [-0.2, 0) is 0 Å². The highest BCUT2D eigenvalue weighted by molar-refractivity contribution is 7.81. The number of aldehydes is 1. The second kappa shape index (κ2) is 6.33. The molecule has 7 heteroatoms. The fraction of sp³-hybridized carbons (Fsp3) is 0. The summed E-state index contributed by atoms with van der Waals surface area (Å²) in [6.45, 7) is 0. The summed E-state index contributed by atoms with van der Waals surface area (Å²) in [5, 5.41) is 3.66. The van der Waals surface area contributed by atoms with Gasteiger partial charge in [-0.3, -0.25) is 4.79 Å². The Morgan fingerprint density at radius 3 is 2.00 bits per heavy atom. The van der Waals surface area contributed by atoms with E-state index in [1.807, 2.05) is 5.38 Å². The summed E-state index contributed by atoms with van der Waals surface area (Å²) in [5.41, 5.74) is 17.4. The SMILES string of the molecule is NC(=S)c1sccc1N.Nc1ccsc1C=O. The van der Waals surface area contributed by atoms with Crippen molar-refractivity contribution in [1.82, 2.24) is 0 Å². The first-order valence-electron chi connectivity index (χ1n) is 4.47. The Hall–Kier alpha value is -1.44. The van der Waals surface area contributed by atoms with Crippen LogP contribution >= 0.6 is 34.9 Å². The van der Waals surface area contributed by atoms with Gasteiger partial charge in [-0.15, -0.1) is 22.7 Å². The van der Waals surface area contributed by atoms with Crippen molar-refractivity contribution in [3.05, 3.63) is 32.6 Å². The van der Waals surface area contributed by atoms with Gasteiger partial charge in [0.15, 0.2) is 6.29 Å². The lowest BCUT2D eigenvalue weighted by Gasteiger charge is -1.91. The lowest BCUT2D eigenvalue weighted by Crippen LogP contribution is -2.08. The van der Waals surface area contributed by atoms with Gasteiger partial charge in [0.1, 0.15) is 4.99 Å². The highest BCUT2D eigenvalue weighted by Crippen LogP contribution is 2.17. The van der Waals surface area contributed by atoms with Gasteiger partial charge in [-0.05, 0) is 22.9 Å². The molecule has 0 fully saturated rings. The predicted octanol–water partition coefficient (Wildman–Crippen LogP) is 2.11. The molecule has 0 aliphatic carbocycles. The van der Waals surface area contributed by atoms with Crippen LogP contribution in [0.4, 0.5) is 11.4 Å². The van der Waals surface area contributed by atoms with Crippen LogP contribution in [-0.4, -0.2) is 11.3 Å². The lowest BCUT2D eigenvalue weighted by atomic mass is 10.4. The van der Waals surface area contributed by atoms with Crippen LogP contribution in [0.15, 0.2) is 22.9 Å². The lowest BCUT2D eigenvalue weighted by molar-refractivity contribution is 0.112. The third kappa shape index (κ3) is 3.81. The molecule has 6 N–H and O–H groups in total. The van der Waals surface area contributed by atoms with E-state index in [1.54, 1.807) is 17.5 Å².